The summed E-state index contributed by atoms with van der Waals surface area (Å²) in [5.41, 5.74) is 1.77. The number of carbonyl (C=O) groups excluding carboxylic acids is 3. The molecule has 1 heterocycles. The molecule has 36 heavy (non-hydrogen) atoms. The van der Waals surface area contributed by atoms with Crippen molar-refractivity contribution in [3.05, 3.63) is 71.5 Å². The summed E-state index contributed by atoms with van der Waals surface area (Å²) >= 11 is 6.29. The van der Waals surface area contributed by atoms with Crippen molar-refractivity contribution in [2.45, 2.75) is 39.7 Å². The fourth-order valence-electron chi connectivity index (χ4n) is 3.29. The number of pyridine rings is 1. The first kappa shape index (κ1) is 26.7. The van der Waals surface area contributed by atoms with Crippen LogP contribution < -0.4 is 15.4 Å². The van der Waals surface area contributed by atoms with E-state index < -0.39 is 24.0 Å². The third-order valence-corrected chi connectivity index (χ3v) is 5.08. The molecule has 0 aliphatic heterocycles. The van der Waals surface area contributed by atoms with E-state index in [0.717, 1.165) is 11.1 Å². The number of Topliss-reactive ketones (excluding diaryl/α,β-unsaturated/α-hetero) is 1. The van der Waals surface area contributed by atoms with Crippen LogP contribution in [0.1, 0.15) is 44.5 Å². The van der Waals surface area contributed by atoms with Gasteiger partial charge in [-0.3, -0.25) is 19.9 Å². The summed E-state index contributed by atoms with van der Waals surface area (Å²) in [5.74, 6) is -0.609. The predicted octanol–water partition coefficient (Wildman–Crippen LogP) is 6.36. The fourth-order valence-corrected chi connectivity index (χ4v) is 3.51. The van der Waals surface area contributed by atoms with Gasteiger partial charge in [-0.2, -0.15) is 0 Å². The topological polar surface area (TPSA) is 107 Å². The molecule has 188 valence electrons. The molecule has 9 heteroatoms. The van der Waals surface area contributed by atoms with Crippen molar-refractivity contribution in [2.24, 2.45) is 0 Å². The molecule has 0 fully saturated rings. The molecule has 0 atom stereocenters. The number of nitrogens with one attached hydrogen (secondary N) is 2. The summed E-state index contributed by atoms with van der Waals surface area (Å²) in [6.07, 6.45) is 2.24. The lowest BCUT2D eigenvalue weighted by Gasteiger charge is -2.21. The van der Waals surface area contributed by atoms with Crippen molar-refractivity contribution in [2.75, 3.05) is 17.2 Å². The standard InChI is InChI=1S/C27H28ClN3O5/c1-5-35-24-14-22(31-26(34)36-27(2,3)4)21(13-20(24)28)30-25(33)15-23(32)18-9-6-8-17(12-18)19-10-7-11-29-16-19/h6-14,16H,5,15H2,1-4H3,(H,30,33)(H,31,34). The maximum Gasteiger partial charge on any atom is 0.412 e. The molecule has 1 aromatic heterocycles. The van der Waals surface area contributed by atoms with E-state index in [4.69, 9.17) is 21.1 Å². The minimum absolute atomic E-state index is 0.205. The van der Waals surface area contributed by atoms with Crippen LogP contribution in [-0.2, 0) is 9.53 Å². The van der Waals surface area contributed by atoms with Crippen LogP contribution >= 0.6 is 11.6 Å². The molecule has 0 saturated heterocycles. The molecule has 0 aliphatic carbocycles. The number of nitrogens with zero attached hydrogens (tertiary/aromatic N) is 1. The van der Waals surface area contributed by atoms with Gasteiger partial charge in [0.1, 0.15) is 11.4 Å². The molecular weight excluding hydrogens is 482 g/mol. The van der Waals surface area contributed by atoms with E-state index in [-0.39, 0.29) is 22.2 Å². The van der Waals surface area contributed by atoms with Crippen molar-refractivity contribution < 1.29 is 23.9 Å². The quantitative estimate of drug-likeness (QED) is 0.270. The Kier molecular flexibility index (Phi) is 8.66. The van der Waals surface area contributed by atoms with Gasteiger partial charge in [-0.25, -0.2) is 4.79 Å². The summed E-state index contributed by atoms with van der Waals surface area (Å²) in [5, 5.41) is 5.49. The Bertz CT molecular complexity index is 1260. The molecule has 0 saturated carbocycles. The fraction of sp³-hybridized carbons (Fsp3) is 0.259. The van der Waals surface area contributed by atoms with Gasteiger partial charge in [0.25, 0.3) is 0 Å². The maximum absolute atomic E-state index is 12.8. The van der Waals surface area contributed by atoms with Gasteiger partial charge in [0.05, 0.1) is 29.4 Å². The van der Waals surface area contributed by atoms with E-state index in [1.807, 2.05) is 18.2 Å². The third kappa shape index (κ3) is 7.55. The van der Waals surface area contributed by atoms with Crippen molar-refractivity contribution >= 4 is 40.8 Å². The van der Waals surface area contributed by atoms with Crippen molar-refractivity contribution in [1.82, 2.24) is 4.98 Å². The Hall–Kier alpha value is -3.91. The van der Waals surface area contributed by atoms with Crippen LogP contribution in [-0.4, -0.2) is 35.0 Å². The number of anilines is 2. The van der Waals surface area contributed by atoms with E-state index in [0.29, 0.717) is 17.9 Å². The summed E-state index contributed by atoms with van der Waals surface area (Å²) < 4.78 is 10.8. The Morgan fingerprint density at radius 2 is 1.69 bits per heavy atom. The number of ether oxygens (including phenoxy) is 2. The SMILES string of the molecule is CCOc1cc(NC(=O)OC(C)(C)C)c(NC(=O)CC(=O)c2cccc(-c3cccnc3)c2)cc1Cl. The Morgan fingerprint density at radius 3 is 2.36 bits per heavy atom. The summed E-state index contributed by atoms with van der Waals surface area (Å²) in [6, 6.07) is 13.6. The van der Waals surface area contributed by atoms with Gasteiger partial charge in [-0.05, 0) is 51.5 Å². The van der Waals surface area contributed by atoms with Gasteiger partial charge >= 0.3 is 6.09 Å². The minimum Gasteiger partial charge on any atom is -0.492 e. The maximum atomic E-state index is 12.8. The second kappa shape index (κ2) is 11.7. The van der Waals surface area contributed by atoms with Crippen LogP contribution in [0.2, 0.25) is 5.02 Å². The minimum atomic E-state index is -0.723. The van der Waals surface area contributed by atoms with Gasteiger partial charge in [-0.15, -0.1) is 0 Å². The molecule has 2 N–H and O–H groups in total. The molecule has 0 radical (unpaired) electrons. The van der Waals surface area contributed by atoms with E-state index in [1.165, 1.54) is 12.1 Å². The zero-order valence-electron chi connectivity index (χ0n) is 20.6. The molecule has 0 unspecified atom stereocenters. The highest BCUT2D eigenvalue weighted by Gasteiger charge is 2.20. The summed E-state index contributed by atoms with van der Waals surface area (Å²) in [7, 11) is 0. The molecule has 0 bridgehead atoms. The monoisotopic (exact) mass is 509 g/mol. The smallest absolute Gasteiger partial charge is 0.412 e. The highest BCUT2D eigenvalue weighted by molar-refractivity contribution is 6.32. The van der Waals surface area contributed by atoms with Crippen molar-refractivity contribution in [3.63, 3.8) is 0 Å². The number of carbonyl (C=O) groups is 3. The zero-order chi connectivity index (χ0) is 26.3. The number of ketones is 1. The van der Waals surface area contributed by atoms with Crippen LogP contribution in [0.5, 0.6) is 5.75 Å². The number of benzene rings is 2. The second-order valence-electron chi connectivity index (χ2n) is 8.86. The lowest BCUT2D eigenvalue weighted by molar-refractivity contribution is -0.115. The first-order valence-corrected chi connectivity index (χ1v) is 11.7. The third-order valence-electron chi connectivity index (χ3n) is 4.78. The van der Waals surface area contributed by atoms with Gasteiger partial charge in [0.15, 0.2) is 5.78 Å². The van der Waals surface area contributed by atoms with E-state index in [1.54, 1.807) is 58.3 Å². The number of aromatic nitrogens is 1. The van der Waals surface area contributed by atoms with Crippen LogP contribution in [0.3, 0.4) is 0 Å². The predicted molar refractivity (Wildman–Crippen MR) is 140 cm³/mol. The van der Waals surface area contributed by atoms with Crippen molar-refractivity contribution in [1.29, 1.82) is 0 Å². The van der Waals surface area contributed by atoms with Crippen LogP contribution in [0, 0.1) is 0 Å². The first-order chi connectivity index (χ1) is 17.1. The lowest BCUT2D eigenvalue weighted by atomic mass is 10.0. The Balaban J connectivity index is 1.77. The van der Waals surface area contributed by atoms with E-state index in [2.05, 4.69) is 15.6 Å². The summed E-state index contributed by atoms with van der Waals surface area (Å²) in [4.78, 5) is 42.1. The molecular formula is C27H28ClN3O5. The number of halogens is 1. The molecule has 2 amide bonds. The van der Waals surface area contributed by atoms with Crippen molar-refractivity contribution in [3.8, 4) is 16.9 Å². The van der Waals surface area contributed by atoms with Crippen LogP contribution in [0.4, 0.5) is 16.2 Å². The van der Waals surface area contributed by atoms with Gasteiger partial charge in [0, 0.05) is 29.6 Å². The van der Waals surface area contributed by atoms with Crippen LogP contribution in [0.25, 0.3) is 11.1 Å². The Labute approximate surface area is 215 Å². The summed E-state index contributed by atoms with van der Waals surface area (Å²) in [6.45, 7) is 7.35. The molecule has 8 nitrogen and oxygen atoms in total. The lowest BCUT2D eigenvalue weighted by Crippen LogP contribution is -2.27. The number of hydrogen-bond acceptors (Lipinski definition) is 6. The molecule has 2 aromatic carbocycles. The number of amides is 2. The average Bonchev–Trinajstić information content (AvgIpc) is 2.81. The largest absolute Gasteiger partial charge is 0.492 e. The molecule has 0 aliphatic rings. The highest BCUT2D eigenvalue weighted by atomic mass is 35.5. The van der Waals surface area contributed by atoms with Gasteiger partial charge < -0.3 is 14.8 Å². The number of rotatable bonds is 8. The van der Waals surface area contributed by atoms with Crippen LogP contribution in [0.15, 0.2) is 60.9 Å². The second-order valence-corrected chi connectivity index (χ2v) is 9.27. The average molecular weight is 510 g/mol. The van der Waals surface area contributed by atoms with E-state index in [9.17, 15) is 14.4 Å². The van der Waals surface area contributed by atoms with E-state index >= 15 is 0 Å². The molecule has 0 spiro atoms. The number of hydrogen-bond donors (Lipinski definition) is 2. The molecule has 3 aromatic rings. The first-order valence-electron chi connectivity index (χ1n) is 11.4. The molecule has 3 rings (SSSR count). The highest BCUT2D eigenvalue weighted by Crippen LogP contribution is 2.35. The Morgan fingerprint density at radius 1 is 0.972 bits per heavy atom. The zero-order valence-corrected chi connectivity index (χ0v) is 21.3. The van der Waals surface area contributed by atoms with Gasteiger partial charge in [-0.1, -0.05) is 35.9 Å². The normalized spacial score (nSPS) is 10.9. The van der Waals surface area contributed by atoms with Gasteiger partial charge in [0.2, 0.25) is 5.91 Å².